The van der Waals surface area contributed by atoms with Gasteiger partial charge < -0.3 is 0 Å². The zero-order valence-electron chi connectivity index (χ0n) is 13.5. The van der Waals surface area contributed by atoms with E-state index in [0.29, 0.717) is 23.7 Å². The smallest absolute Gasteiger partial charge is 0.273 e. The molecule has 0 radical (unpaired) electrons. The van der Waals surface area contributed by atoms with Crippen molar-refractivity contribution in [3.05, 3.63) is 42.1 Å². The summed E-state index contributed by atoms with van der Waals surface area (Å²) in [5.41, 5.74) is 6.82. The largest absolute Gasteiger partial charge is 0.287 e. The van der Waals surface area contributed by atoms with E-state index in [1.807, 2.05) is 30.3 Å². The van der Waals surface area contributed by atoms with Crippen LogP contribution in [0.25, 0.3) is 11.3 Å². The fraction of sp³-hybridized carbons (Fsp3) is 0.389. The number of hydrogen-bond donors (Lipinski definition) is 3. The predicted octanol–water partition coefficient (Wildman–Crippen LogP) is 2.81. The average Bonchev–Trinajstić information content (AvgIpc) is 3.30. The monoisotopic (exact) mass is 326 g/mol. The molecule has 6 heteroatoms. The van der Waals surface area contributed by atoms with E-state index in [4.69, 9.17) is 0 Å². The Labute approximate surface area is 141 Å². The molecule has 0 spiro atoms. The van der Waals surface area contributed by atoms with Gasteiger partial charge in [-0.3, -0.25) is 25.5 Å². The van der Waals surface area contributed by atoms with Gasteiger partial charge in [-0.05, 0) is 18.4 Å². The van der Waals surface area contributed by atoms with Crippen molar-refractivity contribution in [2.24, 2.45) is 5.92 Å². The summed E-state index contributed by atoms with van der Waals surface area (Å²) >= 11 is 0. The van der Waals surface area contributed by atoms with Gasteiger partial charge in [0.05, 0.1) is 5.69 Å². The molecular weight excluding hydrogens is 304 g/mol. The van der Waals surface area contributed by atoms with Crippen molar-refractivity contribution in [3.63, 3.8) is 0 Å². The molecule has 0 atom stereocenters. The third-order valence-electron chi connectivity index (χ3n) is 4.46. The number of aromatic nitrogens is 2. The number of nitrogens with one attached hydrogen (secondary N) is 3. The molecule has 0 saturated heterocycles. The highest BCUT2D eigenvalue weighted by Gasteiger charge is 2.17. The van der Waals surface area contributed by atoms with E-state index in [2.05, 4.69) is 21.0 Å². The van der Waals surface area contributed by atoms with Crippen LogP contribution >= 0.6 is 0 Å². The second-order valence-corrected chi connectivity index (χ2v) is 6.22. The van der Waals surface area contributed by atoms with Crippen LogP contribution in [0.3, 0.4) is 0 Å². The molecule has 1 aliphatic rings. The van der Waals surface area contributed by atoms with Crippen molar-refractivity contribution in [2.45, 2.75) is 38.5 Å². The van der Waals surface area contributed by atoms with Crippen LogP contribution in [0.1, 0.15) is 49.0 Å². The Morgan fingerprint density at radius 3 is 2.62 bits per heavy atom. The zero-order chi connectivity index (χ0) is 16.8. The third-order valence-corrected chi connectivity index (χ3v) is 4.46. The highest BCUT2D eigenvalue weighted by Crippen LogP contribution is 2.28. The summed E-state index contributed by atoms with van der Waals surface area (Å²) in [4.78, 5) is 23.9. The summed E-state index contributed by atoms with van der Waals surface area (Å²) in [6, 6.07) is 11.2. The first-order valence-electron chi connectivity index (χ1n) is 8.42. The van der Waals surface area contributed by atoms with Gasteiger partial charge in [0.25, 0.3) is 5.91 Å². The lowest BCUT2D eigenvalue weighted by atomic mass is 10.0. The Kier molecular flexibility index (Phi) is 5.25. The number of H-pyrrole nitrogens is 1. The first kappa shape index (κ1) is 16.2. The Hall–Kier alpha value is -2.63. The number of hydrazine groups is 1. The maximum Gasteiger partial charge on any atom is 0.287 e. The van der Waals surface area contributed by atoms with Gasteiger partial charge in [-0.25, -0.2) is 0 Å². The van der Waals surface area contributed by atoms with E-state index >= 15 is 0 Å². The summed E-state index contributed by atoms with van der Waals surface area (Å²) in [6.45, 7) is 0. The number of rotatable bonds is 5. The molecule has 1 heterocycles. The van der Waals surface area contributed by atoms with Crippen LogP contribution in [0, 0.1) is 5.92 Å². The number of aromatic amines is 1. The van der Waals surface area contributed by atoms with Gasteiger partial charge in [0.1, 0.15) is 5.69 Å². The van der Waals surface area contributed by atoms with Crippen LogP contribution in [0.15, 0.2) is 36.4 Å². The normalized spacial score (nSPS) is 14.5. The summed E-state index contributed by atoms with van der Waals surface area (Å²) < 4.78 is 0. The fourth-order valence-electron chi connectivity index (χ4n) is 3.09. The number of benzene rings is 1. The molecule has 3 rings (SSSR count). The van der Waals surface area contributed by atoms with Crippen LogP contribution in [-0.2, 0) is 4.79 Å². The first-order valence-corrected chi connectivity index (χ1v) is 8.42. The van der Waals surface area contributed by atoms with E-state index in [1.54, 1.807) is 6.07 Å². The number of carbonyl (C=O) groups is 2. The topological polar surface area (TPSA) is 86.9 Å². The van der Waals surface area contributed by atoms with E-state index in [1.165, 1.54) is 25.7 Å². The van der Waals surface area contributed by atoms with Gasteiger partial charge in [-0.15, -0.1) is 0 Å². The number of nitrogens with zero attached hydrogens (tertiary/aromatic N) is 1. The van der Waals surface area contributed by atoms with Crippen LogP contribution < -0.4 is 10.9 Å². The van der Waals surface area contributed by atoms with Crippen molar-refractivity contribution < 1.29 is 9.59 Å². The van der Waals surface area contributed by atoms with Crippen molar-refractivity contribution in [1.29, 1.82) is 0 Å². The highest BCUT2D eigenvalue weighted by atomic mass is 16.2. The second-order valence-electron chi connectivity index (χ2n) is 6.22. The Balaban J connectivity index is 1.46. The molecule has 1 aromatic carbocycles. The van der Waals surface area contributed by atoms with Gasteiger partial charge in [0, 0.05) is 12.0 Å². The van der Waals surface area contributed by atoms with Gasteiger partial charge in [-0.2, -0.15) is 5.10 Å². The molecule has 24 heavy (non-hydrogen) atoms. The van der Waals surface area contributed by atoms with Crippen molar-refractivity contribution >= 4 is 11.8 Å². The minimum atomic E-state index is -0.404. The van der Waals surface area contributed by atoms with E-state index in [9.17, 15) is 9.59 Å². The minimum Gasteiger partial charge on any atom is -0.273 e. The lowest BCUT2D eigenvalue weighted by Gasteiger charge is -2.09. The molecule has 2 amide bonds. The Bertz CT molecular complexity index is 690. The lowest BCUT2D eigenvalue weighted by molar-refractivity contribution is -0.122. The SMILES string of the molecule is O=C(CCC1CCCC1)NNC(=O)c1cc(-c2ccccc2)n[nH]1. The quantitative estimate of drug-likeness (QED) is 0.738. The summed E-state index contributed by atoms with van der Waals surface area (Å²) in [5.74, 6) is 0.101. The van der Waals surface area contributed by atoms with Crippen LogP contribution in [0.4, 0.5) is 0 Å². The van der Waals surface area contributed by atoms with Crippen molar-refractivity contribution in [3.8, 4) is 11.3 Å². The van der Waals surface area contributed by atoms with E-state index in [-0.39, 0.29) is 5.91 Å². The van der Waals surface area contributed by atoms with E-state index < -0.39 is 5.91 Å². The van der Waals surface area contributed by atoms with Crippen LogP contribution in [0.5, 0.6) is 0 Å². The Morgan fingerprint density at radius 1 is 1.12 bits per heavy atom. The molecule has 0 bridgehead atoms. The Morgan fingerprint density at radius 2 is 1.88 bits per heavy atom. The van der Waals surface area contributed by atoms with Gasteiger partial charge >= 0.3 is 0 Å². The van der Waals surface area contributed by atoms with Crippen molar-refractivity contribution in [1.82, 2.24) is 21.0 Å². The maximum atomic E-state index is 12.1. The molecule has 1 aromatic heterocycles. The van der Waals surface area contributed by atoms with E-state index in [0.717, 1.165) is 12.0 Å². The lowest BCUT2D eigenvalue weighted by Crippen LogP contribution is -2.41. The third kappa shape index (κ3) is 4.22. The summed E-state index contributed by atoms with van der Waals surface area (Å²) in [6.07, 6.45) is 6.32. The van der Waals surface area contributed by atoms with Crippen LogP contribution in [-0.4, -0.2) is 22.0 Å². The number of carbonyl (C=O) groups excluding carboxylic acids is 2. The first-order chi connectivity index (χ1) is 11.7. The predicted molar refractivity (Wildman–Crippen MR) is 90.8 cm³/mol. The standard InChI is InChI=1S/C18H22N4O2/c23-17(11-10-13-6-4-5-7-13)21-22-18(24)16-12-15(19-20-16)14-8-2-1-3-9-14/h1-3,8-9,12-13H,4-7,10-11H2,(H,19,20)(H,21,23)(H,22,24). The van der Waals surface area contributed by atoms with Gasteiger partial charge in [0.15, 0.2) is 0 Å². The molecule has 0 unspecified atom stereocenters. The molecule has 6 nitrogen and oxygen atoms in total. The molecule has 1 saturated carbocycles. The van der Waals surface area contributed by atoms with Crippen molar-refractivity contribution in [2.75, 3.05) is 0 Å². The number of hydrogen-bond acceptors (Lipinski definition) is 3. The fourth-order valence-corrected chi connectivity index (χ4v) is 3.09. The minimum absolute atomic E-state index is 0.155. The molecular formula is C18H22N4O2. The highest BCUT2D eigenvalue weighted by molar-refractivity contribution is 5.94. The molecule has 3 N–H and O–H groups in total. The number of amides is 2. The second kappa shape index (κ2) is 7.77. The summed E-state index contributed by atoms with van der Waals surface area (Å²) in [5, 5.41) is 6.82. The van der Waals surface area contributed by atoms with Gasteiger partial charge in [0.2, 0.25) is 5.91 Å². The molecule has 1 fully saturated rings. The summed E-state index contributed by atoms with van der Waals surface area (Å²) in [7, 11) is 0. The maximum absolute atomic E-state index is 12.1. The zero-order valence-corrected chi connectivity index (χ0v) is 13.5. The molecule has 1 aliphatic carbocycles. The molecule has 2 aromatic rings. The molecule has 0 aliphatic heterocycles. The van der Waals surface area contributed by atoms with Gasteiger partial charge in [-0.1, -0.05) is 56.0 Å². The van der Waals surface area contributed by atoms with Crippen LogP contribution in [0.2, 0.25) is 0 Å². The average molecular weight is 326 g/mol. The molecule has 126 valence electrons.